The predicted octanol–water partition coefficient (Wildman–Crippen LogP) is 2.31. The van der Waals surface area contributed by atoms with Gasteiger partial charge in [0.05, 0.1) is 17.5 Å². The van der Waals surface area contributed by atoms with E-state index in [1.807, 2.05) is 0 Å². The van der Waals surface area contributed by atoms with Crippen LogP contribution in [0, 0.1) is 5.92 Å². The fourth-order valence-electron chi connectivity index (χ4n) is 3.54. The lowest BCUT2D eigenvalue weighted by molar-refractivity contribution is 0.114. The second-order valence-electron chi connectivity index (χ2n) is 7.47. The standard InChI is InChI=1S/C19H30N4O3S.HI/c1-15-4-2-10-23(14-15)27(24,25)18-8-6-16(7-9-18)12-21-19(20)22-13-17-5-3-11-26-17;/h6-9,15,17H,2-5,10-14H2,1H3,(H3,20,21,22);1H. The van der Waals surface area contributed by atoms with E-state index in [9.17, 15) is 8.42 Å². The van der Waals surface area contributed by atoms with E-state index < -0.39 is 10.0 Å². The van der Waals surface area contributed by atoms with E-state index in [2.05, 4.69) is 17.2 Å². The SMILES string of the molecule is CC1CCCN(S(=O)(=O)c2ccc(CN=C(N)NCC3CCCO3)cc2)C1.I. The molecule has 0 spiro atoms. The van der Waals surface area contributed by atoms with Crippen LogP contribution in [0.4, 0.5) is 0 Å². The Morgan fingerprint density at radius 1 is 1.29 bits per heavy atom. The summed E-state index contributed by atoms with van der Waals surface area (Å²) in [5.74, 6) is 0.789. The molecule has 28 heavy (non-hydrogen) atoms. The van der Waals surface area contributed by atoms with Gasteiger partial charge in [0, 0.05) is 26.2 Å². The lowest BCUT2D eigenvalue weighted by atomic mass is 10.0. The summed E-state index contributed by atoms with van der Waals surface area (Å²) in [5.41, 5.74) is 6.81. The van der Waals surface area contributed by atoms with Gasteiger partial charge in [-0.1, -0.05) is 19.1 Å². The number of sulfonamides is 1. The molecule has 2 aliphatic heterocycles. The molecular formula is C19H31IN4O3S. The molecule has 3 N–H and O–H groups in total. The molecule has 2 heterocycles. The zero-order valence-electron chi connectivity index (χ0n) is 16.3. The summed E-state index contributed by atoms with van der Waals surface area (Å²) in [6, 6.07) is 6.93. The fraction of sp³-hybridized carbons (Fsp3) is 0.632. The van der Waals surface area contributed by atoms with Crippen molar-refractivity contribution in [2.24, 2.45) is 16.6 Å². The summed E-state index contributed by atoms with van der Waals surface area (Å²) in [6.45, 7) is 5.19. The third kappa shape index (κ3) is 6.30. The van der Waals surface area contributed by atoms with Crippen LogP contribution >= 0.6 is 24.0 Å². The summed E-state index contributed by atoms with van der Waals surface area (Å²) in [4.78, 5) is 4.66. The quantitative estimate of drug-likeness (QED) is 0.340. The summed E-state index contributed by atoms with van der Waals surface area (Å²) in [5, 5.41) is 3.08. The van der Waals surface area contributed by atoms with Gasteiger partial charge in [-0.3, -0.25) is 0 Å². The topological polar surface area (TPSA) is 97.0 Å². The number of piperidine rings is 1. The Hall–Kier alpha value is -0.910. The number of benzene rings is 1. The lowest BCUT2D eigenvalue weighted by Gasteiger charge is -2.30. The van der Waals surface area contributed by atoms with Crippen molar-refractivity contribution in [1.29, 1.82) is 0 Å². The second-order valence-corrected chi connectivity index (χ2v) is 9.41. The highest BCUT2D eigenvalue weighted by Gasteiger charge is 2.28. The largest absolute Gasteiger partial charge is 0.376 e. The minimum absolute atomic E-state index is 0. The molecule has 0 radical (unpaired) electrons. The predicted molar refractivity (Wildman–Crippen MR) is 121 cm³/mol. The van der Waals surface area contributed by atoms with Gasteiger partial charge < -0.3 is 15.8 Å². The third-order valence-electron chi connectivity index (χ3n) is 5.15. The Kier molecular flexibility index (Phi) is 8.97. The van der Waals surface area contributed by atoms with Crippen LogP contribution in [-0.2, 0) is 21.3 Å². The van der Waals surface area contributed by atoms with Crippen molar-refractivity contribution in [3.63, 3.8) is 0 Å². The Balaban J connectivity index is 0.00000280. The van der Waals surface area contributed by atoms with Crippen molar-refractivity contribution in [3.05, 3.63) is 29.8 Å². The van der Waals surface area contributed by atoms with Gasteiger partial charge in [-0.15, -0.1) is 24.0 Å². The molecule has 0 saturated carbocycles. The van der Waals surface area contributed by atoms with Crippen molar-refractivity contribution >= 4 is 40.0 Å². The molecule has 9 heteroatoms. The highest BCUT2D eigenvalue weighted by atomic mass is 127. The molecule has 0 aliphatic carbocycles. The van der Waals surface area contributed by atoms with E-state index in [0.29, 0.717) is 43.0 Å². The molecule has 2 atom stereocenters. The number of aliphatic imine (C=N–C) groups is 1. The van der Waals surface area contributed by atoms with Crippen molar-refractivity contribution in [2.75, 3.05) is 26.2 Å². The Morgan fingerprint density at radius 3 is 2.68 bits per heavy atom. The van der Waals surface area contributed by atoms with Gasteiger partial charge in [-0.2, -0.15) is 4.31 Å². The minimum atomic E-state index is -3.41. The Bertz CT molecular complexity index is 749. The van der Waals surface area contributed by atoms with Crippen LogP contribution in [-0.4, -0.2) is 51.0 Å². The van der Waals surface area contributed by atoms with E-state index in [-0.39, 0.29) is 30.1 Å². The Labute approximate surface area is 185 Å². The van der Waals surface area contributed by atoms with E-state index in [1.165, 1.54) is 0 Å². The monoisotopic (exact) mass is 522 g/mol. The summed E-state index contributed by atoms with van der Waals surface area (Å²) < 4.78 is 32.7. The van der Waals surface area contributed by atoms with Gasteiger partial charge in [0.1, 0.15) is 0 Å². The molecule has 3 rings (SSSR count). The first kappa shape index (κ1) is 23.4. The van der Waals surface area contributed by atoms with E-state index >= 15 is 0 Å². The number of guanidine groups is 1. The maximum absolute atomic E-state index is 12.8. The minimum Gasteiger partial charge on any atom is -0.376 e. The van der Waals surface area contributed by atoms with Crippen LogP contribution in [0.25, 0.3) is 0 Å². The molecule has 0 amide bonds. The molecular weight excluding hydrogens is 491 g/mol. The van der Waals surface area contributed by atoms with Gasteiger partial charge in [0.15, 0.2) is 5.96 Å². The number of ether oxygens (including phenoxy) is 1. The third-order valence-corrected chi connectivity index (χ3v) is 7.03. The highest BCUT2D eigenvalue weighted by Crippen LogP contribution is 2.23. The van der Waals surface area contributed by atoms with E-state index in [4.69, 9.17) is 10.5 Å². The number of hydrogen-bond acceptors (Lipinski definition) is 4. The molecule has 2 unspecified atom stereocenters. The maximum atomic E-state index is 12.8. The first-order valence-corrected chi connectivity index (χ1v) is 11.1. The van der Waals surface area contributed by atoms with Crippen LogP contribution < -0.4 is 11.1 Å². The Morgan fingerprint density at radius 2 is 2.04 bits per heavy atom. The van der Waals surface area contributed by atoms with Crippen molar-refractivity contribution < 1.29 is 13.2 Å². The van der Waals surface area contributed by atoms with Gasteiger partial charge in [0.2, 0.25) is 10.0 Å². The molecule has 2 fully saturated rings. The molecule has 7 nitrogen and oxygen atoms in total. The number of nitrogens with one attached hydrogen (secondary N) is 1. The fourth-order valence-corrected chi connectivity index (χ4v) is 5.13. The zero-order chi connectivity index (χ0) is 19.3. The van der Waals surface area contributed by atoms with Crippen molar-refractivity contribution in [3.8, 4) is 0 Å². The molecule has 1 aromatic carbocycles. The number of nitrogens with zero attached hydrogens (tertiary/aromatic N) is 2. The van der Waals surface area contributed by atoms with Crippen LogP contribution in [0.2, 0.25) is 0 Å². The number of hydrogen-bond donors (Lipinski definition) is 2. The number of rotatable bonds is 6. The van der Waals surface area contributed by atoms with Crippen LogP contribution in [0.15, 0.2) is 34.2 Å². The first-order chi connectivity index (χ1) is 12.9. The molecule has 0 bridgehead atoms. The smallest absolute Gasteiger partial charge is 0.243 e. The number of halogens is 1. The van der Waals surface area contributed by atoms with Crippen molar-refractivity contribution in [2.45, 2.75) is 50.2 Å². The number of nitrogens with two attached hydrogens (primary N) is 1. The second kappa shape index (κ2) is 10.7. The van der Waals surface area contributed by atoms with Crippen LogP contribution in [0.1, 0.15) is 38.2 Å². The maximum Gasteiger partial charge on any atom is 0.243 e. The van der Waals surface area contributed by atoms with Gasteiger partial charge in [-0.05, 0) is 49.3 Å². The highest BCUT2D eigenvalue weighted by molar-refractivity contribution is 14.0. The normalized spacial score (nSPS) is 24.0. The van der Waals surface area contributed by atoms with Crippen molar-refractivity contribution in [1.82, 2.24) is 9.62 Å². The van der Waals surface area contributed by atoms with Crippen LogP contribution in [0.5, 0.6) is 0 Å². The molecule has 1 aromatic rings. The van der Waals surface area contributed by atoms with E-state index in [0.717, 1.165) is 37.9 Å². The average Bonchev–Trinajstić information content (AvgIpc) is 3.19. The van der Waals surface area contributed by atoms with Gasteiger partial charge >= 0.3 is 0 Å². The van der Waals surface area contributed by atoms with E-state index in [1.54, 1.807) is 28.6 Å². The molecule has 2 aliphatic rings. The summed E-state index contributed by atoms with van der Waals surface area (Å²) >= 11 is 0. The average molecular weight is 522 g/mol. The lowest BCUT2D eigenvalue weighted by Crippen LogP contribution is -2.39. The summed E-state index contributed by atoms with van der Waals surface area (Å²) in [6.07, 6.45) is 4.36. The molecule has 158 valence electrons. The van der Waals surface area contributed by atoms with Gasteiger partial charge in [-0.25, -0.2) is 13.4 Å². The zero-order valence-corrected chi connectivity index (χ0v) is 19.5. The van der Waals surface area contributed by atoms with Gasteiger partial charge in [0.25, 0.3) is 0 Å². The van der Waals surface area contributed by atoms with Crippen LogP contribution in [0.3, 0.4) is 0 Å². The summed E-state index contributed by atoms with van der Waals surface area (Å²) in [7, 11) is -3.41. The first-order valence-electron chi connectivity index (χ1n) is 9.69. The molecule has 2 saturated heterocycles. The molecule has 0 aromatic heterocycles.